The van der Waals surface area contributed by atoms with Gasteiger partial charge in [0, 0.05) is 23.2 Å². The van der Waals surface area contributed by atoms with Crippen LogP contribution in [0.5, 0.6) is 0 Å². The van der Waals surface area contributed by atoms with Gasteiger partial charge in [0.05, 0.1) is 16.9 Å². The van der Waals surface area contributed by atoms with Gasteiger partial charge in [-0.1, -0.05) is 25.1 Å². The molecule has 1 aliphatic heterocycles. The number of fused-ring (bicyclic) bond motifs is 1. The molecule has 6 nitrogen and oxygen atoms in total. The minimum Gasteiger partial charge on any atom is -0.326 e. The Kier molecular flexibility index (Phi) is 5.27. The summed E-state index contributed by atoms with van der Waals surface area (Å²) < 4.78 is 0. The van der Waals surface area contributed by atoms with Crippen molar-refractivity contribution in [3.05, 3.63) is 48.5 Å². The highest BCUT2D eigenvalue weighted by atomic mass is 32.2. The van der Waals surface area contributed by atoms with Crippen molar-refractivity contribution in [1.82, 2.24) is 0 Å². The number of anilines is 3. The van der Waals surface area contributed by atoms with Crippen LogP contribution >= 0.6 is 11.8 Å². The summed E-state index contributed by atoms with van der Waals surface area (Å²) in [6.07, 6.45) is 0. The van der Waals surface area contributed by atoms with Gasteiger partial charge < -0.3 is 16.0 Å². The normalized spacial score (nSPS) is 16.8. The third-order valence-electron chi connectivity index (χ3n) is 3.98. The Hall–Kier alpha value is -2.80. The fraction of sp³-hybridized carbons (Fsp3) is 0.211. The number of carbonyl (C=O) groups excluding carboxylic acids is 3. The average Bonchev–Trinajstić information content (AvgIpc) is 2.60. The molecular weight excluding hydrogens is 350 g/mol. The molecule has 0 spiro atoms. The van der Waals surface area contributed by atoms with E-state index in [4.69, 9.17) is 0 Å². The fourth-order valence-electron chi connectivity index (χ4n) is 2.67. The molecule has 7 heteroatoms. The molecule has 3 N–H and O–H groups in total. The molecular formula is C19H19N3O3S. The van der Waals surface area contributed by atoms with Crippen molar-refractivity contribution in [2.45, 2.75) is 24.0 Å². The number of nitrogens with one attached hydrogen (secondary N) is 3. The second-order valence-corrected chi connectivity index (χ2v) is 7.25. The monoisotopic (exact) mass is 369 g/mol. The first-order chi connectivity index (χ1) is 12.4. The van der Waals surface area contributed by atoms with E-state index in [9.17, 15) is 14.4 Å². The van der Waals surface area contributed by atoms with Gasteiger partial charge in [0.1, 0.15) is 0 Å². The molecule has 2 atom stereocenters. The van der Waals surface area contributed by atoms with Crippen LogP contribution in [0.15, 0.2) is 53.4 Å². The van der Waals surface area contributed by atoms with Crippen molar-refractivity contribution in [3.8, 4) is 0 Å². The second kappa shape index (κ2) is 7.61. The topological polar surface area (TPSA) is 87.3 Å². The van der Waals surface area contributed by atoms with E-state index in [0.29, 0.717) is 11.4 Å². The number of hydrogen-bond donors (Lipinski definition) is 3. The highest BCUT2D eigenvalue weighted by Crippen LogP contribution is 2.38. The van der Waals surface area contributed by atoms with Crippen LogP contribution in [0.1, 0.15) is 13.8 Å². The SMILES string of the molecule is CC(=O)Nc1cccc(NC(=O)C(C)C2Sc3ccccc3NC2=O)c1. The van der Waals surface area contributed by atoms with Crippen LogP contribution in [0.4, 0.5) is 17.1 Å². The van der Waals surface area contributed by atoms with Crippen molar-refractivity contribution < 1.29 is 14.4 Å². The highest BCUT2D eigenvalue weighted by molar-refractivity contribution is 8.01. The largest absolute Gasteiger partial charge is 0.326 e. The van der Waals surface area contributed by atoms with Gasteiger partial charge in [0.15, 0.2) is 0 Å². The van der Waals surface area contributed by atoms with Gasteiger partial charge in [-0.15, -0.1) is 11.8 Å². The first-order valence-electron chi connectivity index (χ1n) is 8.19. The molecule has 26 heavy (non-hydrogen) atoms. The van der Waals surface area contributed by atoms with Crippen LogP contribution in [-0.2, 0) is 14.4 Å². The van der Waals surface area contributed by atoms with Crippen LogP contribution in [0.25, 0.3) is 0 Å². The van der Waals surface area contributed by atoms with Crippen molar-refractivity contribution >= 4 is 46.5 Å². The van der Waals surface area contributed by atoms with Gasteiger partial charge in [-0.25, -0.2) is 0 Å². The molecule has 2 aromatic rings. The number of para-hydroxylation sites is 1. The van der Waals surface area contributed by atoms with Gasteiger partial charge in [-0.3, -0.25) is 14.4 Å². The third-order valence-corrected chi connectivity index (χ3v) is 5.46. The lowest BCUT2D eigenvalue weighted by Crippen LogP contribution is -2.39. The Balaban J connectivity index is 1.70. The molecule has 134 valence electrons. The first-order valence-corrected chi connectivity index (χ1v) is 9.07. The molecule has 1 heterocycles. The molecule has 0 saturated carbocycles. The molecule has 3 amide bonds. The van der Waals surface area contributed by atoms with Gasteiger partial charge in [0.25, 0.3) is 0 Å². The lowest BCUT2D eigenvalue weighted by Gasteiger charge is -2.27. The van der Waals surface area contributed by atoms with Crippen LogP contribution < -0.4 is 16.0 Å². The van der Waals surface area contributed by atoms with E-state index in [2.05, 4.69) is 16.0 Å². The summed E-state index contributed by atoms with van der Waals surface area (Å²) in [6.45, 7) is 3.16. The van der Waals surface area contributed by atoms with E-state index in [1.807, 2.05) is 24.3 Å². The zero-order valence-corrected chi connectivity index (χ0v) is 15.2. The summed E-state index contributed by atoms with van der Waals surface area (Å²) in [4.78, 5) is 37.1. The number of amides is 3. The Bertz CT molecular complexity index is 869. The Morgan fingerprint density at radius 1 is 1.08 bits per heavy atom. The molecule has 0 saturated heterocycles. The molecule has 3 rings (SSSR count). The van der Waals surface area contributed by atoms with Crippen molar-refractivity contribution in [2.75, 3.05) is 16.0 Å². The Labute approximate surface area is 155 Å². The van der Waals surface area contributed by atoms with E-state index in [-0.39, 0.29) is 17.7 Å². The van der Waals surface area contributed by atoms with Gasteiger partial charge in [-0.2, -0.15) is 0 Å². The molecule has 2 aromatic carbocycles. The smallest absolute Gasteiger partial charge is 0.238 e. The lowest BCUT2D eigenvalue weighted by molar-refractivity contribution is -0.123. The minimum absolute atomic E-state index is 0.177. The van der Waals surface area contributed by atoms with E-state index in [1.54, 1.807) is 31.2 Å². The van der Waals surface area contributed by atoms with Crippen LogP contribution in [0.3, 0.4) is 0 Å². The Morgan fingerprint density at radius 3 is 2.50 bits per heavy atom. The third kappa shape index (κ3) is 4.05. The van der Waals surface area contributed by atoms with Gasteiger partial charge in [-0.05, 0) is 30.3 Å². The van der Waals surface area contributed by atoms with Crippen LogP contribution in [-0.4, -0.2) is 23.0 Å². The van der Waals surface area contributed by atoms with Crippen molar-refractivity contribution in [3.63, 3.8) is 0 Å². The predicted octanol–water partition coefficient (Wildman–Crippen LogP) is 3.33. The lowest BCUT2D eigenvalue weighted by atomic mass is 10.1. The fourth-order valence-corrected chi connectivity index (χ4v) is 3.84. The summed E-state index contributed by atoms with van der Waals surface area (Å²) >= 11 is 1.39. The predicted molar refractivity (Wildman–Crippen MR) is 103 cm³/mol. The summed E-state index contributed by atoms with van der Waals surface area (Å²) in [7, 11) is 0. The molecule has 0 radical (unpaired) electrons. The number of carbonyl (C=O) groups is 3. The van der Waals surface area contributed by atoms with Gasteiger partial charge >= 0.3 is 0 Å². The number of rotatable bonds is 4. The van der Waals surface area contributed by atoms with E-state index < -0.39 is 11.2 Å². The average molecular weight is 369 g/mol. The molecule has 0 aromatic heterocycles. The maximum Gasteiger partial charge on any atom is 0.238 e. The molecule has 0 aliphatic carbocycles. The van der Waals surface area contributed by atoms with Crippen LogP contribution in [0.2, 0.25) is 0 Å². The summed E-state index contributed by atoms with van der Waals surface area (Å²) in [5, 5.41) is 7.83. The molecule has 0 fully saturated rings. The number of thioether (sulfide) groups is 1. The summed E-state index contributed by atoms with van der Waals surface area (Å²) in [6, 6.07) is 14.4. The maximum absolute atomic E-state index is 12.6. The quantitative estimate of drug-likeness (QED) is 0.771. The minimum atomic E-state index is -0.530. The number of hydrogen-bond acceptors (Lipinski definition) is 4. The standard InChI is InChI=1S/C19H19N3O3S/c1-11(17-19(25)22-15-8-3-4-9-16(15)26-17)18(24)21-14-7-5-6-13(10-14)20-12(2)23/h3-11,17H,1-2H3,(H,20,23)(H,21,24)(H,22,25). The zero-order chi connectivity index (χ0) is 18.7. The zero-order valence-electron chi connectivity index (χ0n) is 14.4. The molecule has 1 aliphatic rings. The van der Waals surface area contributed by atoms with E-state index in [0.717, 1.165) is 10.6 Å². The summed E-state index contributed by atoms with van der Waals surface area (Å²) in [5.41, 5.74) is 1.94. The molecule has 2 unspecified atom stereocenters. The first kappa shape index (κ1) is 18.0. The van der Waals surface area contributed by atoms with Gasteiger partial charge in [0.2, 0.25) is 17.7 Å². The summed E-state index contributed by atoms with van der Waals surface area (Å²) in [5.74, 6) is -1.14. The Morgan fingerprint density at radius 2 is 1.77 bits per heavy atom. The maximum atomic E-state index is 12.6. The van der Waals surface area contributed by atoms with E-state index in [1.165, 1.54) is 18.7 Å². The van der Waals surface area contributed by atoms with Crippen LogP contribution in [0, 0.1) is 5.92 Å². The second-order valence-electron chi connectivity index (χ2n) is 6.06. The van der Waals surface area contributed by atoms with Crippen molar-refractivity contribution in [2.24, 2.45) is 5.92 Å². The van der Waals surface area contributed by atoms with E-state index >= 15 is 0 Å². The molecule has 0 bridgehead atoms. The van der Waals surface area contributed by atoms with Crippen molar-refractivity contribution in [1.29, 1.82) is 0 Å². The highest BCUT2D eigenvalue weighted by Gasteiger charge is 2.35. The number of benzene rings is 2.